The van der Waals surface area contributed by atoms with Crippen LogP contribution < -0.4 is 4.74 Å². The molecule has 0 amide bonds. The number of benzene rings is 1. The van der Waals surface area contributed by atoms with Crippen LogP contribution in [0.25, 0.3) is 10.9 Å². The molecule has 2 aromatic rings. The zero-order chi connectivity index (χ0) is 12.5. The Morgan fingerprint density at radius 1 is 1.39 bits per heavy atom. The van der Waals surface area contributed by atoms with Crippen molar-refractivity contribution in [3.05, 3.63) is 35.9 Å². The maximum absolute atomic E-state index is 11.2. The highest BCUT2D eigenvalue weighted by Crippen LogP contribution is 2.30. The second-order valence-electron chi connectivity index (χ2n) is 4.59. The van der Waals surface area contributed by atoms with Crippen LogP contribution >= 0.6 is 0 Å². The third-order valence-corrected chi connectivity index (χ3v) is 3.07. The summed E-state index contributed by atoms with van der Waals surface area (Å²) in [4.78, 5) is 15.5. The van der Waals surface area contributed by atoms with E-state index in [1.54, 1.807) is 6.07 Å². The Morgan fingerprint density at radius 2 is 2.17 bits per heavy atom. The zero-order valence-corrected chi connectivity index (χ0v) is 9.80. The summed E-state index contributed by atoms with van der Waals surface area (Å²) in [5.41, 5.74) is 0.891. The van der Waals surface area contributed by atoms with E-state index in [-0.39, 0.29) is 11.4 Å². The highest BCUT2D eigenvalue weighted by atomic mass is 16.5. The Balaban J connectivity index is 2.01. The minimum atomic E-state index is -1.00. The zero-order valence-electron chi connectivity index (χ0n) is 9.80. The molecule has 0 saturated heterocycles. The predicted octanol–water partition coefficient (Wildman–Crippen LogP) is 2.72. The van der Waals surface area contributed by atoms with Crippen molar-refractivity contribution in [1.82, 2.24) is 4.98 Å². The van der Waals surface area contributed by atoms with E-state index in [4.69, 9.17) is 4.74 Å². The molecular weight excluding hydrogens is 230 g/mol. The van der Waals surface area contributed by atoms with Gasteiger partial charge in [-0.3, -0.25) is 0 Å². The van der Waals surface area contributed by atoms with E-state index in [9.17, 15) is 9.90 Å². The Morgan fingerprint density at radius 3 is 2.89 bits per heavy atom. The first-order chi connectivity index (χ1) is 8.74. The van der Waals surface area contributed by atoms with Gasteiger partial charge in [0.1, 0.15) is 5.56 Å². The Hall–Kier alpha value is -2.10. The topological polar surface area (TPSA) is 59.4 Å². The molecule has 4 heteroatoms. The van der Waals surface area contributed by atoms with Crippen molar-refractivity contribution in [3.63, 3.8) is 0 Å². The van der Waals surface area contributed by atoms with Crippen molar-refractivity contribution in [2.75, 3.05) is 6.61 Å². The van der Waals surface area contributed by atoms with Crippen molar-refractivity contribution >= 4 is 16.9 Å². The molecule has 0 spiro atoms. The van der Waals surface area contributed by atoms with Crippen LogP contribution in [0.5, 0.6) is 5.88 Å². The molecular formula is C14H13NO3. The average Bonchev–Trinajstić information content (AvgIpc) is 3.19. The van der Waals surface area contributed by atoms with Gasteiger partial charge in [0.15, 0.2) is 0 Å². The second-order valence-corrected chi connectivity index (χ2v) is 4.59. The number of ether oxygens (including phenoxy) is 1. The Labute approximate surface area is 104 Å². The number of aromatic nitrogens is 1. The fourth-order valence-electron chi connectivity index (χ4n) is 1.84. The third kappa shape index (κ3) is 2.14. The standard InChI is InChI=1S/C14H13NO3/c16-14(17)11-7-10-3-1-2-4-12(10)15-13(11)18-8-9-5-6-9/h1-4,7,9H,5-6,8H2,(H,16,17). The van der Waals surface area contributed by atoms with Crippen LogP contribution in [0.3, 0.4) is 0 Å². The summed E-state index contributed by atoms with van der Waals surface area (Å²) in [5, 5.41) is 10.00. The number of hydrogen-bond acceptors (Lipinski definition) is 3. The van der Waals surface area contributed by atoms with Crippen LogP contribution in [0.2, 0.25) is 0 Å². The fraction of sp³-hybridized carbons (Fsp3) is 0.286. The van der Waals surface area contributed by atoms with Gasteiger partial charge < -0.3 is 9.84 Å². The Kier molecular flexibility index (Phi) is 2.63. The number of aromatic carboxylic acids is 1. The number of carboxylic acid groups (broad SMARTS) is 1. The van der Waals surface area contributed by atoms with Gasteiger partial charge in [-0.15, -0.1) is 0 Å². The number of fused-ring (bicyclic) bond motifs is 1. The maximum Gasteiger partial charge on any atom is 0.341 e. The molecule has 0 bridgehead atoms. The third-order valence-electron chi connectivity index (χ3n) is 3.07. The van der Waals surface area contributed by atoms with Crippen molar-refractivity contribution in [2.45, 2.75) is 12.8 Å². The molecule has 1 aromatic heterocycles. The molecule has 1 fully saturated rings. The van der Waals surface area contributed by atoms with Crippen LogP contribution in [0.4, 0.5) is 0 Å². The molecule has 4 nitrogen and oxygen atoms in total. The first kappa shape index (κ1) is 11.0. The summed E-state index contributed by atoms with van der Waals surface area (Å²) in [7, 11) is 0. The molecule has 1 N–H and O–H groups in total. The van der Waals surface area contributed by atoms with Crippen LogP contribution in [-0.4, -0.2) is 22.7 Å². The minimum absolute atomic E-state index is 0.134. The lowest BCUT2D eigenvalue weighted by Crippen LogP contribution is -2.07. The molecule has 1 aliphatic rings. The number of hydrogen-bond donors (Lipinski definition) is 1. The molecule has 0 unspecified atom stereocenters. The van der Waals surface area contributed by atoms with Crippen LogP contribution in [0.1, 0.15) is 23.2 Å². The highest BCUT2D eigenvalue weighted by molar-refractivity contribution is 5.95. The van der Waals surface area contributed by atoms with Gasteiger partial charge in [-0.05, 0) is 30.9 Å². The lowest BCUT2D eigenvalue weighted by molar-refractivity contribution is 0.0691. The number of pyridine rings is 1. The quantitative estimate of drug-likeness (QED) is 0.896. The molecule has 1 heterocycles. The fourth-order valence-corrected chi connectivity index (χ4v) is 1.84. The first-order valence-corrected chi connectivity index (χ1v) is 6.00. The number of rotatable bonds is 4. The molecule has 0 radical (unpaired) electrons. The summed E-state index contributed by atoms with van der Waals surface area (Å²) in [6.07, 6.45) is 2.33. The monoisotopic (exact) mass is 243 g/mol. The van der Waals surface area contributed by atoms with Gasteiger partial charge in [-0.25, -0.2) is 9.78 Å². The number of carbonyl (C=O) groups is 1. The molecule has 3 rings (SSSR count). The van der Waals surface area contributed by atoms with Gasteiger partial charge in [0.25, 0.3) is 0 Å². The molecule has 1 aromatic carbocycles. The number of para-hydroxylation sites is 1. The smallest absolute Gasteiger partial charge is 0.341 e. The normalized spacial score (nSPS) is 14.7. The van der Waals surface area contributed by atoms with Crippen molar-refractivity contribution in [1.29, 1.82) is 0 Å². The van der Waals surface area contributed by atoms with E-state index in [2.05, 4.69) is 4.98 Å². The van der Waals surface area contributed by atoms with Crippen molar-refractivity contribution < 1.29 is 14.6 Å². The van der Waals surface area contributed by atoms with Crippen LogP contribution in [0, 0.1) is 5.92 Å². The second kappa shape index (κ2) is 4.29. The van der Waals surface area contributed by atoms with E-state index in [1.165, 1.54) is 0 Å². The molecule has 92 valence electrons. The predicted molar refractivity (Wildman–Crippen MR) is 66.9 cm³/mol. The van der Waals surface area contributed by atoms with Gasteiger partial charge >= 0.3 is 5.97 Å². The van der Waals surface area contributed by atoms with E-state index >= 15 is 0 Å². The molecule has 0 aliphatic heterocycles. The van der Waals surface area contributed by atoms with E-state index in [0.29, 0.717) is 12.5 Å². The van der Waals surface area contributed by atoms with Gasteiger partial charge in [0, 0.05) is 5.39 Å². The molecule has 0 atom stereocenters. The van der Waals surface area contributed by atoms with Crippen LogP contribution in [-0.2, 0) is 0 Å². The highest BCUT2D eigenvalue weighted by Gasteiger charge is 2.23. The summed E-state index contributed by atoms with van der Waals surface area (Å²) < 4.78 is 5.54. The van der Waals surface area contributed by atoms with Gasteiger partial charge in [-0.1, -0.05) is 18.2 Å². The lowest BCUT2D eigenvalue weighted by atomic mass is 10.1. The Bertz CT molecular complexity index is 605. The summed E-state index contributed by atoms with van der Waals surface area (Å²) in [6, 6.07) is 9.05. The van der Waals surface area contributed by atoms with Gasteiger partial charge in [0.05, 0.1) is 12.1 Å². The van der Waals surface area contributed by atoms with Gasteiger partial charge in [-0.2, -0.15) is 0 Å². The first-order valence-electron chi connectivity index (χ1n) is 6.00. The van der Waals surface area contributed by atoms with Crippen LogP contribution in [0.15, 0.2) is 30.3 Å². The van der Waals surface area contributed by atoms with E-state index < -0.39 is 5.97 Å². The lowest BCUT2D eigenvalue weighted by Gasteiger charge is -2.08. The van der Waals surface area contributed by atoms with Crippen molar-refractivity contribution in [3.8, 4) is 5.88 Å². The minimum Gasteiger partial charge on any atom is -0.477 e. The van der Waals surface area contributed by atoms with E-state index in [1.807, 2.05) is 24.3 Å². The molecule has 1 aliphatic carbocycles. The van der Waals surface area contributed by atoms with Crippen molar-refractivity contribution in [2.24, 2.45) is 5.92 Å². The maximum atomic E-state index is 11.2. The number of carboxylic acids is 1. The molecule has 1 saturated carbocycles. The summed E-state index contributed by atoms with van der Waals surface area (Å²) >= 11 is 0. The molecule has 18 heavy (non-hydrogen) atoms. The SMILES string of the molecule is O=C(O)c1cc2ccccc2nc1OCC1CC1. The summed E-state index contributed by atoms with van der Waals surface area (Å²) in [5.74, 6) is -0.202. The largest absolute Gasteiger partial charge is 0.477 e. The van der Waals surface area contributed by atoms with E-state index in [0.717, 1.165) is 23.7 Å². The number of nitrogens with zero attached hydrogens (tertiary/aromatic N) is 1. The summed E-state index contributed by atoms with van der Waals surface area (Å²) in [6.45, 7) is 0.561. The van der Waals surface area contributed by atoms with Gasteiger partial charge in [0.2, 0.25) is 5.88 Å². The average molecular weight is 243 g/mol.